The van der Waals surface area contributed by atoms with E-state index in [1.165, 1.54) is 24.3 Å². The Labute approximate surface area is 162 Å². The van der Waals surface area contributed by atoms with Crippen molar-refractivity contribution in [3.8, 4) is 11.8 Å². The molecule has 0 bridgehead atoms. The van der Waals surface area contributed by atoms with Gasteiger partial charge in [-0.2, -0.15) is 5.26 Å². The fraction of sp³-hybridized carbons (Fsp3) is 0.300. The molecule has 1 aliphatic rings. The van der Waals surface area contributed by atoms with Crippen molar-refractivity contribution < 1.29 is 13.9 Å². The fourth-order valence-electron chi connectivity index (χ4n) is 3.02. The Bertz CT molecular complexity index is 843. The minimum Gasteiger partial charge on any atom is -0.493 e. The van der Waals surface area contributed by atoms with Gasteiger partial charge in [0.1, 0.15) is 17.6 Å². The quantitative estimate of drug-likeness (QED) is 0.788. The minimum absolute atomic E-state index is 0.0216. The van der Waals surface area contributed by atoms with Crippen LogP contribution in [0.3, 0.4) is 0 Å². The van der Waals surface area contributed by atoms with Gasteiger partial charge in [0.05, 0.1) is 24.3 Å². The molecule has 1 aliphatic heterocycles. The molecule has 140 valence electrons. The first-order chi connectivity index (χ1) is 13.1. The molecule has 0 spiro atoms. The number of piperazine rings is 1. The first-order valence-electron chi connectivity index (χ1n) is 8.67. The summed E-state index contributed by atoms with van der Waals surface area (Å²) in [5, 5.41) is 9.82. The topological polar surface area (TPSA) is 56.6 Å². The first kappa shape index (κ1) is 19.0. The molecule has 0 saturated carbocycles. The van der Waals surface area contributed by atoms with Gasteiger partial charge in [-0.3, -0.25) is 4.79 Å². The molecule has 1 heterocycles. The number of halogens is 2. The van der Waals surface area contributed by atoms with E-state index in [1.807, 2.05) is 6.07 Å². The highest BCUT2D eigenvalue weighted by atomic mass is 35.5. The SMILES string of the molecule is N#Cc1cc(Cl)ccc1N1CCN(C(=O)CCOc2ccc(F)cc2)CC1. The lowest BCUT2D eigenvalue weighted by Gasteiger charge is -2.36. The lowest BCUT2D eigenvalue weighted by atomic mass is 10.1. The maximum absolute atomic E-state index is 12.9. The van der Waals surface area contributed by atoms with Crippen LogP contribution in [0.2, 0.25) is 5.02 Å². The molecule has 3 rings (SSSR count). The van der Waals surface area contributed by atoms with Crippen LogP contribution in [-0.2, 0) is 4.79 Å². The summed E-state index contributed by atoms with van der Waals surface area (Å²) in [4.78, 5) is 16.2. The van der Waals surface area contributed by atoms with E-state index >= 15 is 0 Å². The van der Waals surface area contributed by atoms with Gasteiger partial charge in [0.25, 0.3) is 0 Å². The van der Waals surface area contributed by atoms with Crippen molar-refractivity contribution >= 4 is 23.2 Å². The Morgan fingerprint density at radius 3 is 2.52 bits per heavy atom. The molecule has 1 fully saturated rings. The number of ether oxygens (including phenoxy) is 1. The van der Waals surface area contributed by atoms with Crippen molar-refractivity contribution in [2.75, 3.05) is 37.7 Å². The average Bonchev–Trinajstić information content (AvgIpc) is 2.69. The second-order valence-electron chi connectivity index (χ2n) is 6.19. The molecule has 1 saturated heterocycles. The number of carbonyl (C=O) groups excluding carboxylic acids is 1. The van der Waals surface area contributed by atoms with Gasteiger partial charge >= 0.3 is 0 Å². The van der Waals surface area contributed by atoms with Crippen LogP contribution in [0.4, 0.5) is 10.1 Å². The van der Waals surface area contributed by atoms with Gasteiger partial charge < -0.3 is 14.5 Å². The normalized spacial score (nSPS) is 14.0. The van der Waals surface area contributed by atoms with Crippen molar-refractivity contribution in [3.63, 3.8) is 0 Å². The fourth-order valence-corrected chi connectivity index (χ4v) is 3.19. The summed E-state index contributed by atoms with van der Waals surface area (Å²) in [6.07, 6.45) is 0.266. The zero-order valence-corrected chi connectivity index (χ0v) is 15.5. The molecular weight excluding hydrogens is 369 g/mol. The Hall–Kier alpha value is -2.78. The molecule has 0 atom stereocenters. The summed E-state index contributed by atoms with van der Waals surface area (Å²) in [5.41, 5.74) is 1.38. The standard InChI is InChI=1S/C20H19ClFN3O2/c21-16-1-6-19(15(13-16)14-23)24-8-10-25(11-9-24)20(26)7-12-27-18-4-2-17(22)3-5-18/h1-6,13H,7-12H2. The Morgan fingerprint density at radius 2 is 1.85 bits per heavy atom. The minimum atomic E-state index is -0.323. The molecule has 0 N–H and O–H groups in total. The van der Waals surface area contributed by atoms with Crippen LogP contribution in [0.1, 0.15) is 12.0 Å². The number of anilines is 1. The summed E-state index contributed by atoms with van der Waals surface area (Å²) in [6, 6.07) is 13.2. The highest BCUT2D eigenvalue weighted by Gasteiger charge is 2.22. The second kappa shape index (κ2) is 8.74. The van der Waals surface area contributed by atoms with Gasteiger partial charge in [0.2, 0.25) is 5.91 Å². The summed E-state index contributed by atoms with van der Waals surface area (Å²) in [6.45, 7) is 2.73. The number of carbonyl (C=O) groups is 1. The number of hydrogen-bond acceptors (Lipinski definition) is 4. The molecule has 27 heavy (non-hydrogen) atoms. The predicted octanol–water partition coefficient (Wildman–Crippen LogP) is 3.47. The number of hydrogen-bond donors (Lipinski definition) is 0. The van der Waals surface area contributed by atoms with Gasteiger partial charge in [-0.15, -0.1) is 0 Å². The van der Waals surface area contributed by atoms with Gasteiger partial charge in [-0.05, 0) is 42.5 Å². The first-order valence-corrected chi connectivity index (χ1v) is 9.05. The Morgan fingerprint density at radius 1 is 1.15 bits per heavy atom. The van der Waals surface area contributed by atoms with Crippen molar-refractivity contribution in [2.24, 2.45) is 0 Å². The van der Waals surface area contributed by atoms with E-state index in [-0.39, 0.29) is 24.8 Å². The second-order valence-corrected chi connectivity index (χ2v) is 6.63. The lowest BCUT2D eigenvalue weighted by molar-refractivity contribution is -0.132. The summed E-state index contributed by atoms with van der Waals surface area (Å²) < 4.78 is 18.3. The third-order valence-electron chi connectivity index (χ3n) is 4.45. The highest BCUT2D eigenvalue weighted by Crippen LogP contribution is 2.25. The average molecular weight is 388 g/mol. The molecule has 5 nitrogen and oxygen atoms in total. The van der Waals surface area contributed by atoms with Gasteiger partial charge in [0.15, 0.2) is 0 Å². The third-order valence-corrected chi connectivity index (χ3v) is 4.69. The molecule has 0 radical (unpaired) electrons. The number of rotatable bonds is 5. The molecule has 1 amide bonds. The molecule has 0 unspecified atom stereocenters. The maximum Gasteiger partial charge on any atom is 0.226 e. The Balaban J connectivity index is 1.48. The Kier molecular flexibility index (Phi) is 6.15. The lowest BCUT2D eigenvalue weighted by Crippen LogP contribution is -2.49. The van der Waals surface area contributed by atoms with Crippen molar-refractivity contribution in [1.82, 2.24) is 4.90 Å². The predicted molar refractivity (Wildman–Crippen MR) is 101 cm³/mol. The molecule has 2 aromatic carbocycles. The van der Waals surface area contributed by atoms with Crippen LogP contribution >= 0.6 is 11.6 Å². The molecule has 2 aromatic rings. The van der Waals surface area contributed by atoms with Gasteiger partial charge in [-0.25, -0.2) is 4.39 Å². The van der Waals surface area contributed by atoms with Crippen LogP contribution in [0.25, 0.3) is 0 Å². The van der Waals surface area contributed by atoms with Crippen LogP contribution in [0.15, 0.2) is 42.5 Å². The van der Waals surface area contributed by atoms with E-state index in [4.69, 9.17) is 16.3 Å². The van der Waals surface area contributed by atoms with E-state index < -0.39 is 0 Å². The largest absolute Gasteiger partial charge is 0.493 e. The van der Waals surface area contributed by atoms with E-state index in [0.29, 0.717) is 42.5 Å². The van der Waals surface area contributed by atoms with Crippen molar-refractivity contribution in [3.05, 3.63) is 58.9 Å². The summed E-state index contributed by atoms with van der Waals surface area (Å²) in [7, 11) is 0. The zero-order valence-electron chi connectivity index (χ0n) is 14.7. The number of nitrogens with zero attached hydrogens (tertiary/aromatic N) is 3. The van der Waals surface area contributed by atoms with Crippen LogP contribution in [-0.4, -0.2) is 43.6 Å². The number of benzene rings is 2. The van der Waals surface area contributed by atoms with E-state index in [1.54, 1.807) is 17.0 Å². The van der Waals surface area contributed by atoms with Gasteiger partial charge in [-0.1, -0.05) is 11.6 Å². The zero-order chi connectivity index (χ0) is 19.2. The smallest absolute Gasteiger partial charge is 0.226 e. The van der Waals surface area contributed by atoms with Crippen LogP contribution in [0, 0.1) is 17.1 Å². The molecule has 0 aliphatic carbocycles. The summed E-state index contributed by atoms with van der Waals surface area (Å²) in [5.74, 6) is 0.241. The maximum atomic E-state index is 12.9. The monoisotopic (exact) mass is 387 g/mol. The molecular formula is C20H19ClFN3O2. The third kappa shape index (κ3) is 4.89. The van der Waals surface area contributed by atoms with E-state index in [0.717, 1.165) is 5.69 Å². The summed E-state index contributed by atoms with van der Waals surface area (Å²) >= 11 is 5.95. The van der Waals surface area contributed by atoms with E-state index in [2.05, 4.69) is 11.0 Å². The number of amides is 1. The van der Waals surface area contributed by atoms with Crippen molar-refractivity contribution in [1.29, 1.82) is 5.26 Å². The van der Waals surface area contributed by atoms with E-state index in [9.17, 15) is 14.4 Å². The van der Waals surface area contributed by atoms with Crippen molar-refractivity contribution in [2.45, 2.75) is 6.42 Å². The molecule has 7 heteroatoms. The van der Waals surface area contributed by atoms with Gasteiger partial charge in [0, 0.05) is 31.2 Å². The highest BCUT2D eigenvalue weighted by molar-refractivity contribution is 6.30. The molecule has 0 aromatic heterocycles. The number of nitriles is 1. The van der Waals surface area contributed by atoms with Crippen LogP contribution < -0.4 is 9.64 Å². The van der Waals surface area contributed by atoms with Crippen LogP contribution in [0.5, 0.6) is 5.75 Å².